The minimum absolute atomic E-state index is 0.194. The summed E-state index contributed by atoms with van der Waals surface area (Å²) in [6, 6.07) is 0. The van der Waals surface area contributed by atoms with E-state index < -0.39 is 15.4 Å². The fraction of sp³-hybridized carbons (Fsp3) is 1.00. The highest BCUT2D eigenvalue weighted by Crippen LogP contribution is 2.28. The van der Waals surface area contributed by atoms with Gasteiger partial charge in [0.15, 0.2) is 0 Å². The van der Waals surface area contributed by atoms with Crippen molar-refractivity contribution in [2.45, 2.75) is 45.1 Å². The molecule has 0 bridgehead atoms. The summed E-state index contributed by atoms with van der Waals surface area (Å²) in [6.07, 6.45) is 3.24. The van der Waals surface area contributed by atoms with E-state index in [1.807, 2.05) is 6.92 Å². The van der Waals surface area contributed by atoms with Crippen LogP contribution in [0, 0.1) is 5.92 Å². The van der Waals surface area contributed by atoms with Crippen molar-refractivity contribution < 1.29 is 13.5 Å². The monoisotopic (exact) mass is 263 g/mol. The molecule has 102 valence electrons. The molecule has 1 heterocycles. The van der Waals surface area contributed by atoms with Crippen molar-refractivity contribution in [3.05, 3.63) is 0 Å². The van der Waals surface area contributed by atoms with E-state index in [2.05, 4.69) is 5.32 Å². The molecule has 1 fully saturated rings. The predicted molar refractivity (Wildman–Crippen MR) is 69.8 cm³/mol. The summed E-state index contributed by atoms with van der Waals surface area (Å²) in [6.45, 7) is 5.37. The van der Waals surface area contributed by atoms with Crippen LogP contribution in [0.5, 0.6) is 0 Å². The largest absolute Gasteiger partial charge is 0.390 e. The van der Waals surface area contributed by atoms with Crippen LogP contribution in [-0.2, 0) is 9.84 Å². The molecule has 2 unspecified atom stereocenters. The lowest BCUT2D eigenvalue weighted by Crippen LogP contribution is -2.44. The van der Waals surface area contributed by atoms with E-state index >= 15 is 0 Å². The van der Waals surface area contributed by atoms with Gasteiger partial charge in [-0.15, -0.1) is 0 Å². The van der Waals surface area contributed by atoms with Crippen molar-refractivity contribution in [2.24, 2.45) is 5.92 Å². The number of piperidine rings is 1. The van der Waals surface area contributed by atoms with Gasteiger partial charge in [0.1, 0.15) is 9.84 Å². The lowest BCUT2D eigenvalue weighted by molar-refractivity contribution is -0.0182. The van der Waals surface area contributed by atoms with E-state index in [1.54, 1.807) is 6.92 Å². The molecule has 1 rings (SSSR count). The van der Waals surface area contributed by atoms with E-state index in [0.29, 0.717) is 12.8 Å². The van der Waals surface area contributed by atoms with Crippen molar-refractivity contribution in [3.63, 3.8) is 0 Å². The molecule has 1 aliphatic rings. The summed E-state index contributed by atoms with van der Waals surface area (Å²) in [5.74, 6) is 0.639. The maximum Gasteiger partial charge on any atom is 0.150 e. The van der Waals surface area contributed by atoms with Crippen LogP contribution in [0.25, 0.3) is 0 Å². The zero-order chi connectivity index (χ0) is 12.9. The number of sulfone groups is 1. The van der Waals surface area contributed by atoms with Crippen molar-refractivity contribution in [1.82, 2.24) is 5.32 Å². The third-order valence-electron chi connectivity index (χ3n) is 3.75. The van der Waals surface area contributed by atoms with Gasteiger partial charge in [-0.3, -0.25) is 0 Å². The van der Waals surface area contributed by atoms with E-state index in [0.717, 1.165) is 25.9 Å². The molecule has 0 radical (unpaired) electrons. The Bertz CT molecular complexity index is 319. The zero-order valence-electron chi connectivity index (χ0n) is 10.9. The molecule has 0 saturated carbocycles. The van der Waals surface area contributed by atoms with Gasteiger partial charge in [0.2, 0.25) is 0 Å². The van der Waals surface area contributed by atoms with Crippen molar-refractivity contribution >= 4 is 9.84 Å². The summed E-state index contributed by atoms with van der Waals surface area (Å²) in [4.78, 5) is 0. The topological polar surface area (TPSA) is 66.4 Å². The highest BCUT2D eigenvalue weighted by molar-refractivity contribution is 7.91. The van der Waals surface area contributed by atoms with Crippen LogP contribution in [0.3, 0.4) is 0 Å². The van der Waals surface area contributed by atoms with Gasteiger partial charge in [-0.05, 0) is 45.1 Å². The average molecular weight is 263 g/mol. The number of nitrogens with one attached hydrogen (secondary N) is 1. The third-order valence-corrected chi connectivity index (χ3v) is 5.54. The summed E-state index contributed by atoms with van der Waals surface area (Å²) in [5.41, 5.74) is -0.739. The lowest BCUT2D eigenvalue weighted by atomic mass is 9.81. The van der Waals surface area contributed by atoms with Crippen LogP contribution in [-0.4, -0.2) is 43.7 Å². The van der Waals surface area contributed by atoms with E-state index in [9.17, 15) is 13.5 Å². The number of rotatable bonds is 6. The van der Waals surface area contributed by atoms with Gasteiger partial charge in [0.05, 0.1) is 11.4 Å². The molecule has 1 saturated heterocycles. The summed E-state index contributed by atoms with van der Waals surface area (Å²) < 4.78 is 22.7. The molecule has 0 spiro atoms. The van der Waals surface area contributed by atoms with Crippen LogP contribution >= 0.6 is 0 Å². The Morgan fingerprint density at radius 1 is 1.47 bits per heavy atom. The molecule has 0 aliphatic carbocycles. The van der Waals surface area contributed by atoms with Crippen LogP contribution in [0.4, 0.5) is 0 Å². The fourth-order valence-electron chi connectivity index (χ4n) is 2.38. The molecule has 2 N–H and O–H groups in total. The standard InChI is InChI=1S/C12H25NO3S/c1-3-17(15,16)9-5-7-12(2,14)11-6-4-8-13-10-11/h11,13-14H,3-10H2,1-2H3. The Labute approximate surface area is 105 Å². The average Bonchev–Trinajstić information content (AvgIpc) is 2.30. The van der Waals surface area contributed by atoms with Crippen LogP contribution < -0.4 is 5.32 Å². The normalized spacial score (nSPS) is 25.5. The highest BCUT2D eigenvalue weighted by atomic mass is 32.2. The van der Waals surface area contributed by atoms with Gasteiger partial charge < -0.3 is 10.4 Å². The van der Waals surface area contributed by atoms with Gasteiger partial charge in [0, 0.05) is 12.3 Å². The Kier molecular flexibility index (Phi) is 5.41. The Hall–Kier alpha value is -0.130. The molecule has 0 aromatic rings. The minimum atomic E-state index is -2.90. The first-order chi connectivity index (χ1) is 7.87. The maximum atomic E-state index is 11.4. The second kappa shape index (κ2) is 6.16. The van der Waals surface area contributed by atoms with Gasteiger partial charge >= 0.3 is 0 Å². The first-order valence-corrected chi connectivity index (χ1v) is 8.33. The molecule has 0 aromatic heterocycles. The smallest absolute Gasteiger partial charge is 0.150 e. The molecule has 5 heteroatoms. The summed E-state index contributed by atoms with van der Waals surface area (Å²) in [5, 5.41) is 13.7. The zero-order valence-corrected chi connectivity index (χ0v) is 11.7. The molecule has 2 atom stereocenters. The lowest BCUT2D eigenvalue weighted by Gasteiger charge is -2.36. The Morgan fingerprint density at radius 2 is 2.18 bits per heavy atom. The molecule has 0 aromatic carbocycles. The van der Waals surface area contributed by atoms with Gasteiger partial charge in [0.25, 0.3) is 0 Å². The van der Waals surface area contributed by atoms with Crippen molar-refractivity contribution in [3.8, 4) is 0 Å². The van der Waals surface area contributed by atoms with Gasteiger partial charge in [-0.25, -0.2) is 8.42 Å². The summed E-state index contributed by atoms with van der Waals surface area (Å²) >= 11 is 0. The van der Waals surface area contributed by atoms with E-state index in [-0.39, 0.29) is 17.4 Å². The Morgan fingerprint density at radius 3 is 2.71 bits per heavy atom. The number of aliphatic hydroxyl groups is 1. The first kappa shape index (κ1) is 14.9. The van der Waals surface area contributed by atoms with Crippen LogP contribution in [0.15, 0.2) is 0 Å². The van der Waals surface area contributed by atoms with Crippen molar-refractivity contribution in [2.75, 3.05) is 24.6 Å². The highest BCUT2D eigenvalue weighted by Gasteiger charge is 2.32. The van der Waals surface area contributed by atoms with Gasteiger partial charge in [-0.1, -0.05) is 6.92 Å². The second-order valence-electron chi connectivity index (χ2n) is 5.24. The SMILES string of the molecule is CCS(=O)(=O)CCCC(C)(O)C1CCCNC1. The number of hydrogen-bond acceptors (Lipinski definition) is 4. The predicted octanol–water partition coefficient (Wildman–Crippen LogP) is 0.952. The van der Waals surface area contributed by atoms with E-state index in [4.69, 9.17) is 0 Å². The van der Waals surface area contributed by atoms with E-state index in [1.165, 1.54) is 0 Å². The molecule has 1 aliphatic heterocycles. The summed E-state index contributed by atoms with van der Waals surface area (Å²) in [7, 11) is -2.90. The maximum absolute atomic E-state index is 11.4. The molecule has 0 amide bonds. The van der Waals surface area contributed by atoms with Crippen LogP contribution in [0.2, 0.25) is 0 Å². The molecule has 4 nitrogen and oxygen atoms in total. The van der Waals surface area contributed by atoms with Gasteiger partial charge in [-0.2, -0.15) is 0 Å². The minimum Gasteiger partial charge on any atom is -0.390 e. The number of hydrogen-bond donors (Lipinski definition) is 2. The molecule has 17 heavy (non-hydrogen) atoms. The fourth-order valence-corrected chi connectivity index (χ4v) is 3.25. The molecular weight excluding hydrogens is 238 g/mol. The Balaban J connectivity index is 2.38. The third kappa shape index (κ3) is 4.94. The molecular formula is C12H25NO3S. The quantitative estimate of drug-likeness (QED) is 0.749. The van der Waals surface area contributed by atoms with Crippen molar-refractivity contribution in [1.29, 1.82) is 0 Å². The first-order valence-electron chi connectivity index (χ1n) is 6.51. The second-order valence-corrected chi connectivity index (χ2v) is 7.71. The van der Waals surface area contributed by atoms with Crippen LogP contribution in [0.1, 0.15) is 39.5 Å².